The van der Waals surface area contributed by atoms with Crippen molar-refractivity contribution in [3.63, 3.8) is 0 Å². The molecule has 2 aromatic rings. The molecule has 9 nitrogen and oxygen atoms in total. The van der Waals surface area contributed by atoms with Crippen LogP contribution in [-0.4, -0.2) is 79.6 Å². The summed E-state index contributed by atoms with van der Waals surface area (Å²) < 4.78 is 64.0. The number of carbonyl (C=O) groups excluding carboxylic acids is 1. The molecule has 0 bridgehead atoms. The summed E-state index contributed by atoms with van der Waals surface area (Å²) in [7, 11) is 0.979. The lowest BCUT2D eigenvalue weighted by molar-refractivity contribution is -0.170. The molecule has 184 valence electrons. The SMILES string of the molecule is CN(C(=O)C(F)(F)F)c1nc(N2CCOCC2)nc(N2CCC(Oc3ccccc3F)CC2)n1. The van der Waals surface area contributed by atoms with Gasteiger partial charge >= 0.3 is 12.1 Å². The summed E-state index contributed by atoms with van der Waals surface area (Å²) in [4.78, 5) is 28.5. The van der Waals surface area contributed by atoms with Crippen molar-refractivity contribution >= 4 is 23.8 Å². The maximum atomic E-state index is 13.9. The van der Waals surface area contributed by atoms with Crippen LogP contribution in [0.3, 0.4) is 0 Å². The monoisotopic (exact) mass is 484 g/mol. The smallest absolute Gasteiger partial charge is 0.471 e. The molecule has 2 aliphatic heterocycles. The fraction of sp³-hybridized carbons (Fsp3) is 0.524. The summed E-state index contributed by atoms with van der Waals surface area (Å²) in [6, 6.07) is 6.15. The molecule has 0 atom stereocenters. The molecule has 2 aliphatic rings. The van der Waals surface area contributed by atoms with Gasteiger partial charge in [-0.1, -0.05) is 12.1 Å². The van der Waals surface area contributed by atoms with Gasteiger partial charge in [-0.15, -0.1) is 0 Å². The third-order valence-corrected chi connectivity index (χ3v) is 5.60. The van der Waals surface area contributed by atoms with E-state index in [9.17, 15) is 22.4 Å². The largest absolute Gasteiger partial charge is 0.487 e. The van der Waals surface area contributed by atoms with Crippen molar-refractivity contribution in [2.45, 2.75) is 25.1 Å². The first kappa shape index (κ1) is 23.9. The number of benzene rings is 1. The van der Waals surface area contributed by atoms with E-state index >= 15 is 0 Å². The number of rotatable bonds is 5. The number of ether oxygens (including phenoxy) is 2. The number of amides is 1. The minimum absolute atomic E-state index is 0.164. The van der Waals surface area contributed by atoms with Crippen LogP contribution in [0.1, 0.15) is 12.8 Å². The number of anilines is 3. The van der Waals surface area contributed by atoms with Gasteiger partial charge in [-0.25, -0.2) is 4.39 Å². The Morgan fingerprint density at radius 2 is 1.62 bits per heavy atom. The highest BCUT2D eigenvalue weighted by Crippen LogP contribution is 2.27. The van der Waals surface area contributed by atoms with E-state index in [0.717, 1.165) is 7.05 Å². The molecule has 2 fully saturated rings. The lowest BCUT2D eigenvalue weighted by atomic mass is 10.1. The highest BCUT2D eigenvalue weighted by atomic mass is 19.4. The summed E-state index contributed by atoms with van der Waals surface area (Å²) >= 11 is 0. The highest BCUT2D eigenvalue weighted by molar-refractivity contribution is 5.95. The standard InChI is InChI=1S/C21H24F4N6O3/c1-29(17(32)21(23,24)25)18-26-19(28-20(27-18)31-10-12-33-13-11-31)30-8-6-14(7-9-30)34-16-5-3-2-4-15(16)22/h2-5,14H,6-13H2,1H3. The number of alkyl halides is 3. The molecular weight excluding hydrogens is 460 g/mol. The number of piperidine rings is 1. The number of nitrogens with zero attached hydrogens (tertiary/aromatic N) is 6. The van der Waals surface area contributed by atoms with E-state index < -0.39 is 23.8 Å². The van der Waals surface area contributed by atoms with Gasteiger partial charge in [0.1, 0.15) is 6.10 Å². The molecule has 0 saturated carbocycles. The van der Waals surface area contributed by atoms with Crippen LogP contribution in [0.25, 0.3) is 0 Å². The molecule has 0 radical (unpaired) electrons. The number of aromatic nitrogens is 3. The van der Waals surface area contributed by atoms with Crippen molar-refractivity contribution in [1.82, 2.24) is 15.0 Å². The molecule has 13 heteroatoms. The number of para-hydroxylation sites is 1. The summed E-state index contributed by atoms with van der Waals surface area (Å²) in [5.41, 5.74) is 0. The molecule has 0 N–H and O–H groups in total. The first-order chi connectivity index (χ1) is 16.2. The zero-order valence-corrected chi connectivity index (χ0v) is 18.5. The molecule has 2 saturated heterocycles. The molecule has 4 rings (SSSR count). The summed E-state index contributed by atoms with van der Waals surface area (Å²) in [5, 5.41) is 0. The average Bonchev–Trinajstić information content (AvgIpc) is 2.84. The lowest BCUT2D eigenvalue weighted by Gasteiger charge is -2.33. The van der Waals surface area contributed by atoms with Crippen molar-refractivity contribution in [2.75, 3.05) is 61.1 Å². The Morgan fingerprint density at radius 3 is 2.21 bits per heavy atom. The molecule has 0 aliphatic carbocycles. The van der Waals surface area contributed by atoms with Crippen LogP contribution in [0.15, 0.2) is 24.3 Å². The van der Waals surface area contributed by atoms with Gasteiger partial charge in [0.25, 0.3) is 0 Å². The van der Waals surface area contributed by atoms with E-state index in [1.165, 1.54) is 6.07 Å². The number of hydrogen-bond donors (Lipinski definition) is 0. The maximum Gasteiger partial charge on any atom is 0.471 e. The summed E-state index contributed by atoms with van der Waals surface area (Å²) in [6.45, 7) is 2.62. The van der Waals surface area contributed by atoms with Crippen LogP contribution < -0.4 is 19.4 Å². The Balaban J connectivity index is 1.53. The first-order valence-corrected chi connectivity index (χ1v) is 10.8. The van der Waals surface area contributed by atoms with E-state index in [2.05, 4.69) is 15.0 Å². The number of halogens is 4. The number of morpholine rings is 1. The minimum Gasteiger partial charge on any atom is -0.487 e. The van der Waals surface area contributed by atoms with Crippen molar-refractivity contribution in [2.24, 2.45) is 0 Å². The molecule has 3 heterocycles. The van der Waals surface area contributed by atoms with E-state index in [1.54, 1.807) is 28.0 Å². The summed E-state index contributed by atoms with van der Waals surface area (Å²) in [6.07, 6.45) is -4.25. The first-order valence-electron chi connectivity index (χ1n) is 10.8. The van der Waals surface area contributed by atoms with E-state index in [4.69, 9.17) is 9.47 Å². The summed E-state index contributed by atoms with van der Waals surface area (Å²) in [5.74, 6) is -2.40. The van der Waals surface area contributed by atoms with Crippen molar-refractivity contribution in [3.05, 3.63) is 30.1 Å². The number of carbonyl (C=O) groups is 1. The molecule has 0 spiro atoms. The molecular formula is C21H24F4N6O3. The molecule has 1 aromatic heterocycles. The fourth-order valence-corrected chi connectivity index (χ4v) is 3.71. The second-order valence-corrected chi connectivity index (χ2v) is 7.93. The predicted octanol–water partition coefficient (Wildman–Crippen LogP) is 2.42. The zero-order chi connectivity index (χ0) is 24.3. The zero-order valence-electron chi connectivity index (χ0n) is 18.5. The Hall–Kier alpha value is -3.22. The van der Waals surface area contributed by atoms with Gasteiger partial charge in [0.05, 0.1) is 13.2 Å². The van der Waals surface area contributed by atoms with Crippen molar-refractivity contribution in [3.8, 4) is 5.75 Å². The van der Waals surface area contributed by atoms with Gasteiger partial charge in [-0.3, -0.25) is 9.69 Å². The van der Waals surface area contributed by atoms with Gasteiger partial charge in [0, 0.05) is 46.1 Å². The minimum atomic E-state index is -5.07. The van der Waals surface area contributed by atoms with Crippen molar-refractivity contribution in [1.29, 1.82) is 0 Å². The van der Waals surface area contributed by atoms with Crippen LogP contribution in [0.2, 0.25) is 0 Å². The van der Waals surface area contributed by atoms with Crippen molar-refractivity contribution < 1.29 is 31.8 Å². The second-order valence-electron chi connectivity index (χ2n) is 7.93. The Labute approximate surface area is 193 Å². The molecule has 0 unspecified atom stereocenters. The predicted molar refractivity (Wildman–Crippen MR) is 115 cm³/mol. The van der Waals surface area contributed by atoms with Crippen LogP contribution in [0, 0.1) is 5.82 Å². The quantitative estimate of drug-likeness (QED) is 0.599. The third kappa shape index (κ3) is 5.46. The number of hydrogen-bond acceptors (Lipinski definition) is 8. The van der Waals surface area contributed by atoms with Gasteiger partial charge < -0.3 is 19.3 Å². The van der Waals surface area contributed by atoms with Crippen LogP contribution in [-0.2, 0) is 9.53 Å². The lowest BCUT2D eigenvalue weighted by Crippen LogP contribution is -2.43. The van der Waals surface area contributed by atoms with Gasteiger partial charge in [0.15, 0.2) is 11.6 Å². The van der Waals surface area contributed by atoms with Gasteiger partial charge in [0.2, 0.25) is 17.8 Å². The third-order valence-electron chi connectivity index (χ3n) is 5.60. The Bertz CT molecular complexity index is 1010. The Morgan fingerprint density at radius 1 is 1.03 bits per heavy atom. The average molecular weight is 484 g/mol. The molecule has 1 aromatic carbocycles. The van der Waals surface area contributed by atoms with Crippen LogP contribution in [0.4, 0.5) is 35.4 Å². The highest BCUT2D eigenvalue weighted by Gasteiger charge is 2.43. The van der Waals surface area contributed by atoms with E-state index in [-0.39, 0.29) is 23.8 Å². The molecule has 34 heavy (non-hydrogen) atoms. The van der Waals surface area contributed by atoms with Gasteiger partial charge in [-0.2, -0.15) is 28.1 Å². The van der Waals surface area contributed by atoms with E-state index in [0.29, 0.717) is 57.1 Å². The topological polar surface area (TPSA) is 83.9 Å². The fourth-order valence-electron chi connectivity index (χ4n) is 3.71. The Kier molecular flexibility index (Phi) is 7.00. The molecule has 1 amide bonds. The maximum absolute atomic E-state index is 13.9. The van der Waals surface area contributed by atoms with E-state index in [1.807, 2.05) is 0 Å². The normalized spacial score (nSPS) is 17.6. The second kappa shape index (κ2) is 9.95. The van der Waals surface area contributed by atoms with Crippen LogP contribution >= 0.6 is 0 Å². The van der Waals surface area contributed by atoms with Crippen LogP contribution in [0.5, 0.6) is 5.75 Å². The van der Waals surface area contributed by atoms with Gasteiger partial charge in [-0.05, 0) is 12.1 Å².